The Hall–Kier alpha value is -2.17. The maximum atomic E-state index is 11.7. The van der Waals surface area contributed by atoms with E-state index in [0.717, 1.165) is 17.5 Å². The van der Waals surface area contributed by atoms with Gasteiger partial charge >= 0.3 is 0 Å². The molecule has 4 nitrogen and oxygen atoms in total. The lowest BCUT2D eigenvalue weighted by Crippen LogP contribution is -2.47. The maximum Gasteiger partial charge on any atom is 0.267 e. The Labute approximate surface area is 123 Å². The van der Waals surface area contributed by atoms with Gasteiger partial charge in [0.1, 0.15) is 0 Å². The minimum Gasteiger partial charge on any atom is -0.320 e. The van der Waals surface area contributed by atoms with Crippen LogP contribution in [-0.2, 0) is 17.6 Å². The summed E-state index contributed by atoms with van der Waals surface area (Å²) in [4.78, 5) is 11.7. The molecule has 21 heavy (non-hydrogen) atoms. The summed E-state index contributed by atoms with van der Waals surface area (Å²) in [5.74, 6) is -0.454. The van der Waals surface area contributed by atoms with Gasteiger partial charge in [-0.05, 0) is 47.2 Å². The highest BCUT2D eigenvalue weighted by Gasteiger charge is 2.29. The van der Waals surface area contributed by atoms with Crippen LogP contribution in [0.1, 0.15) is 18.1 Å². The molecule has 0 aromatic heterocycles. The zero-order chi connectivity index (χ0) is 15.0. The third-order valence-corrected chi connectivity index (χ3v) is 3.98. The molecule has 2 aromatic carbocycles. The molecule has 4 heteroatoms. The molecule has 0 fully saturated rings. The molecule has 0 saturated carbocycles. The van der Waals surface area contributed by atoms with Crippen molar-refractivity contribution in [2.45, 2.75) is 25.8 Å². The molecule has 0 unspecified atom stereocenters. The third-order valence-electron chi connectivity index (χ3n) is 3.98. The number of anilines is 1. The van der Waals surface area contributed by atoms with Crippen LogP contribution in [0.15, 0.2) is 42.5 Å². The summed E-state index contributed by atoms with van der Waals surface area (Å²) < 4.78 is 0. The monoisotopic (exact) mass is 282 g/mol. The highest BCUT2D eigenvalue weighted by molar-refractivity contribution is 5.98. The zero-order valence-electron chi connectivity index (χ0n) is 11.9. The second-order valence-electron chi connectivity index (χ2n) is 5.31. The van der Waals surface area contributed by atoms with Crippen molar-refractivity contribution < 1.29 is 10.0 Å². The molecule has 1 atom stereocenters. The number of carbonyl (C=O) groups is 1. The number of benzene rings is 2. The van der Waals surface area contributed by atoms with E-state index in [9.17, 15) is 10.0 Å². The number of hydrogen-bond acceptors (Lipinski definition) is 3. The summed E-state index contributed by atoms with van der Waals surface area (Å²) in [7, 11) is 0. The fourth-order valence-electron chi connectivity index (χ4n) is 2.83. The van der Waals surface area contributed by atoms with Gasteiger partial charge in [0, 0.05) is 0 Å². The van der Waals surface area contributed by atoms with Gasteiger partial charge in [-0.1, -0.05) is 37.3 Å². The predicted molar refractivity (Wildman–Crippen MR) is 82.2 cm³/mol. The van der Waals surface area contributed by atoms with Gasteiger partial charge in [-0.25, -0.2) is 0 Å². The van der Waals surface area contributed by atoms with Crippen LogP contribution in [-0.4, -0.2) is 17.2 Å². The molecule has 108 valence electrons. The fourth-order valence-corrected chi connectivity index (χ4v) is 2.83. The average Bonchev–Trinajstić information content (AvgIpc) is 2.52. The summed E-state index contributed by atoms with van der Waals surface area (Å²) in [6, 6.07) is 13.3. The van der Waals surface area contributed by atoms with Crippen molar-refractivity contribution in [3.05, 3.63) is 53.6 Å². The average molecular weight is 282 g/mol. The molecular weight excluding hydrogens is 264 g/mol. The first kappa shape index (κ1) is 13.8. The van der Waals surface area contributed by atoms with Gasteiger partial charge in [-0.3, -0.25) is 10.0 Å². The van der Waals surface area contributed by atoms with Crippen molar-refractivity contribution in [2.24, 2.45) is 5.73 Å². The van der Waals surface area contributed by atoms with Gasteiger partial charge in [0.05, 0.1) is 11.7 Å². The van der Waals surface area contributed by atoms with Crippen molar-refractivity contribution in [1.29, 1.82) is 0 Å². The summed E-state index contributed by atoms with van der Waals surface area (Å²) in [6.07, 6.45) is 1.41. The Kier molecular flexibility index (Phi) is 3.49. The van der Waals surface area contributed by atoms with E-state index >= 15 is 0 Å². The van der Waals surface area contributed by atoms with E-state index in [1.807, 2.05) is 24.3 Å². The molecule has 0 radical (unpaired) electrons. The number of carbonyl (C=O) groups excluding carboxylic acids is 1. The van der Waals surface area contributed by atoms with Crippen LogP contribution in [0.3, 0.4) is 0 Å². The van der Waals surface area contributed by atoms with Crippen LogP contribution in [0, 0.1) is 0 Å². The van der Waals surface area contributed by atoms with Gasteiger partial charge < -0.3 is 5.73 Å². The molecule has 3 N–H and O–H groups in total. The zero-order valence-corrected chi connectivity index (χ0v) is 11.9. The lowest BCUT2D eigenvalue weighted by atomic mass is 9.92. The van der Waals surface area contributed by atoms with E-state index in [0.29, 0.717) is 17.2 Å². The lowest BCUT2D eigenvalue weighted by molar-refractivity contribution is -0.125. The number of amides is 1. The van der Waals surface area contributed by atoms with Crippen molar-refractivity contribution in [3.63, 3.8) is 0 Å². The molecule has 0 saturated heterocycles. The second-order valence-corrected chi connectivity index (χ2v) is 5.31. The van der Waals surface area contributed by atoms with Crippen molar-refractivity contribution in [2.75, 3.05) is 5.06 Å². The molecule has 2 aromatic rings. The highest BCUT2D eigenvalue weighted by atomic mass is 16.5. The predicted octanol–water partition coefficient (Wildman–Crippen LogP) is 2.52. The Morgan fingerprint density at radius 1 is 1.29 bits per heavy atom. The summed E-state index contributed by atoms with van der Waals surface area (Å²) in [6.45, 7) is 2.13. The van der Waals surface area contributed by atoms with E-state index in [4.69, 9.17) is 5.73 Å². The Morgan fingerprint density at radius 3 is 2.81 bits per heavy atom. The van der Waals surface area contributed by atoms with Crippen LogP contribution >= 0.6 is 0 Å². The molecule has 0 bridgehead atoms. The van der Waals surface area contributed by atoms with Crippen molar-refractivity contribution in [1.82, 2.24) is 0 Å². The fraction of sp³-hybridized carbons (Fsp3) is 0.235. The van der Waals surface area contributed by atoms with Crippen molar-refractivity contribution in [3.8, 4) is 11.1 Å². The van der Waals surface area contributed by atoms with Crippen LogP contribution in [0.4, 0.5) is 5.69 Å². The van der Waals surface area contributed by atoms with Crippen LogP contribution in [0.25, 0.3) is 11.1 Å². The number of nitrogens with zero attached hydrogens (tertiary/aromatic N) is 1. The molecule has 0 spiro atoms. The summed E-state index contributed by atoms with van der Waals surface area (Å²) in [5.41, 5.74) is 10.7. The standard InChI is InChI=1S/C17H18N2O2/c1-2-11-5-3-4-6-14(11)12-7-8-16-13(9-12)10-15(18)17(20)19(16)21/h3-9,15,21H,2,10,18H2,1H3/t15-/m0/s1. The molecule has 1 heterocycles. The molecule has 1 amide bonds. The smallest absolute Gasteiger partial charge is 0.267 e. The van der Waals surface area contributed by atoms with Crippen LogP contribution in [0.2, 0.25) is 0 Å². The minimum absolute atomic E-state index is 0.452. The van der Waals surface area contributed by atoms with E-state index in [-0.39, 0.29) is 0 Å². The maximum absolute atomic E-state index is 11.7. The number of rotatable bonds is 2. The number of aryl methyl sites for hydroxylation is 1. The number of nitrogens with two attached hydrogens (primary N) is 1. The first-order valence-electron chi connectivity index (χ1n) is 7.11. The van der Waals surface area contributed by atoms with Gasteiger partial charge in [0.15, 0.2) is 0 Å². The Balaban J connectivity index is 2.08. The molecular formula is C17H18N2O2. The summed E-state index contributed by atoms with van der Waals surface area (Å²) >= 11 is 0. The van der Waals surface area contributed by atoms with E-state index in [1.165, 1.54) is 11.1 Å². The van der Waals surface area contributed by atoms with Crippen LogP contribution in [0.5, 0.6) is 0 Å². The van der Waals surface area contributed by atoms with Crippen LogP contribution < -0.4 is 10.8 Å². The van der Waals surface area contributed by atoms with E-state index < -0.39 is 11.9 Å². The van der Waals surface area contributed by atoms with Gasteiger partial charge in [-0.2, -0.15) is 5.06 Å². The number of hydrogen-bond donors (Lipinski definition) is 2. The first-order chi connectivity index (χ1) is 10.1. The molecule has 0 aliphatic carbocycles. The van der Waals surface area contributed by atoms with E-state index in [2.05, 4.69) is 19.1 Å². The molecule has 1 aliphatic heterocycles. The van der Waals surface area contributed by atoms with Gasteiger partial charge in [0.2, 0.25) is 0 Å². The Bertz CT molecular complexity index is 697. The summed E-state index contributed by atoms with van der Waals surface area (Å²) in [5, 5.41) is 10.5. The number of hydroxylamine groups is 1. The Morgan fingerprint density at radius 2 is 2.05 bits per heavy atom. The number of fused-ring (bicyclic) bond motifs is 1. The highest BCUT2D eigenvalue weighted by Crippen LogP contribution is 2.32. The largest absolute Gasteiger partial charge is 0.320 e. The second kappa shape index (κ2) is 5.31. The van der Waals surface area contributed by atoms with Gasteiger partial charge in [-0.15, -0.1) is 0 Å². The minimum atomic E-state index is -0.681. The third kappa shape index (κ3) is 2.33. The topological polar surface area (TPSA) is 66.6 Å². The SMILES string of the molecule is CCc1ccccc1-c1ccc2c(c1)C[C@H](N)C(=O)N2O. The quantitative estimate of drug-likeness (QED) is 0.832. The molecule has 3 rings (SSSR count). The van der Waals surface area contributed by atoms with Crippen molar-refractivity contribution >= 4 is 11.6 Å². The molecule has 1 aliphatic rings. The van der Waals surface area contributed by atoms with Gasteiger partial charge in [0.25, 0.3) is 5.91 Å². The first-order valence-corrected chi connectivity index (χ1v) is 7.11. The van der Waals surface area contributed by atoms with E-state index in [1.54, 1.807) is 6.07 Å². The lowest BCUT2D eigenvalue weighted by Gasteiger charge is -2.28. The normalized spacial score (nSPS) is 17.8.